The maximum absolute atomic E-state index is 13.2. The van der Waals surface area contributed by atoms with E-state index in [0.29, 0.717) is 16.3 Å². The minimum Gasteiger partial charge on any atom is -0.267 e. The van der Waals surface area contributed by atoms with Crippen LogP contribution in [-0.4, -0.2) is 11.6 Å². The van der Waals surface area contributed by atoms with Gasteiger partial charge >= 0.3 is 0 Å². The van der Waals surface area contributed by atoms with Crippen LogP contribution in [0, 0.1) is 0 Å². The first kappa shape index (κ1) is 25.3. The van der Waals surface area contributed by atoms with Gasteiger partial charge in [-0.1, -0.05) is 133 Å². The lowest BCUT2D eigenvalue weighted by Crippen LogP contribution is -2.20. The van der Waals surface area contributed by atoms with Crippen molar-refractivity contribution in [3.63, 3.8) is 0 Å². The van der Waals surface area contributed by atoms with Gasteiger partial charge in [0.05, 0.1) is 0 Å². The maximum Gasteiger partial charge on any atom is 0.271 e. The summed E-state index contributed by atoms with van der Waals surface area (Å²) < 4.78 is 0. The molecule has 0 fully saturated rings. The Hall–Kier alpha value is -4.99. The second-order valence-corrected chi connectivity index (χ2v) is 9.81. The van der Waals surface area contributed by atoms with Crippen molar-refractivity contribution in [2.75, 3.05) is 0 Å². The second kappa shape index (κ2) is 11.4. The van der Waals surface area contributed by atoms with Gasteiger partial charge in [0.2, 0.25) is 0 Å². The van der Waals surface area contributed by atoms with Crippen LogP contribution >= 0.6 is 11.6 Å². The third-order valence-electron chi connectivity index (χ3n) is 6.85. The molecule has 40 heavy (non-hydrogen) atoms. The van der Waals surface area contributed by atoms with Crippen LogP contribution in [0.15, 0.2) is 151 Å². The number of nitrogens with one attached hydrogen (secondary N) is 1. The molecule has 0 atom stereocenters. The summed E-state index contributed by atoms with van der Waals surface area (Å²) in [4.78, 5) is 13.2. The molecule has 1 aliphatic carbocycles. The summed E-state index contributed by atoms with van der Waals surface area (Å²) >= 11 is 6.05. The Kier molecular flexibility index (Phi) is 7.21. The van der Waals surface area contributed by atoms with Crippen LogP contribution in [0.2, 0.25) is 5.02 Å². The molecule has 0 unspecified atom stereocenters. The van der Waals surface area contributed by atoms with Gasteiger partial charge in [-0.15, -0.1) is 0 Å². The molecule has 0 heterocycles. The Morgan fingerprint density at radius 2 is 0.825 bits per heavy atom. The van der Waals surface area contributed by atoms with Gasteiger partial charge in [-0.2, -0.15) is 5.10 Å². The number of amides is 1. The lowest BCUT2D eigenvalue weighted by Gasteiger charge is -2.13. The number of nitrogens with zero attached hydrogens (tertiary/aromatic N) is 1. The Morgan fingerprint density at radius 3 is 1.20 bits per heavy atom. The van der Waals surface area contributed by atoms with E-state index >= 15 is 0 Å². The molecular formula is C36H25ClN2O. The summed E-state index contributed by atoms with van der Waals surface area (Å²) in [5.74, 6) is -0.307. The van der Waals surface area contributed by atoms with E-state index in [1.165, 1.54) is 0 Å². The Bertz CT molecular complexity index is 1640. The number of carbonyl (C=O) groups is 1. The standard InChI is InChI=1S/C36H25ClN2O/c37-30-23-21-29(22-24-30)36(40)39-38-35-33(27-17-9-3-10-18-27)31(25-13-5-1-6-14-25)32(26-15-7-2-8-16-26)34(35)28-19-11-4-12-20-28/h1-24H,(H,39,40). The van der Waals surface area contributed by atoms with Crippen LogP contribution in [0.1, 0.15) is 32.6 Å². The summed E-state index contributed by atoms with van der Waals surface area (Å²) in [6.45, 7) is 0. The van der Waals surface area contributed by atoms with E-state index in [4.69, 9.17) is 16.7 Å². The zero-order chi connectivity index (χ0) is 27.3. The van der Waals surface area contributed by atoms with Crippen LogP contribution < -0.4 is 5.43 Å². The normalized spacial score (nSPS) is 13.0. The van der Waals surface area contributed by atoms with Gasteiger partial charge < -0.3 is 0 Å². The smallest absolute Gasteiger partial charge is 0.267 e. The number of rotatable bonds is 6. The van der Waals surface area contributed by atoms with Gasteiger partial charge in [0.15, 0.2) is 0 Å². The van der Waals surface area contributed by atoms with Crippen LogP contribution in [0.3, 0.4) is 0 Å². The highest BCUT2D eigenvalue weighted by Gasteiger charge is 2.34. The molecule has 0 aromatic heterocycles. The molecule has 1 aliphatic rings. The van der Waals surface area contributed by atoms with E-state index < -0.39 is 0 Å². The largest absolute Gasteiger partial charge is 0.271 e. The molecule has 5 aromatic rings. The average molecular weight is 537 g/mol. The van der Waals surface area contributed by atoms with Crippen molar-refractivity contribution in [2.45, 2.75) is 0 Å². The van der Waals surface area contributed by atoms with Gasteiger partial charge in [-0.05, 0) is 46.5 Å². The fraction of sp³-hybridized carbons (Fsp3) is 0. The molecule has 0 spiro atoms. The molecule has 3 nitrogen and oxygen atoms in total. The van der Waals surface area contributed by atoms with Crippen LogP contribution in [0.4, 0.5) is 0 Å². The zero-order valence-corrected chi connectivity index (χ0v) is 22.3. The average Bonchev–Trinajstić information content (AvgIpc) is 3.37. The van der Waals surface area contributed by atoms with Crippen molar-refractivity contribution < 1.29 is 4.79 Å². The third kappa shape index (κ3) is 5.03. The molecule has 5 aromatic carbocycles. The molecule has 0 saturated heterocycles. The van der Waals surface area contributed by atoms with Crippen molar-refractivity contribution in [2.24, 2.45) is 5.10 Å². The first-order chi connectivity index (χ1) is 19.7. The van der Waals surface area contributed by atoms with Crippen LogP contribution in [0.25, 0.3) is 22.3 Å². The zero-order valence-electron chi connectivity index (χ0n) is 21.6. The van der Waals surface area contributed by atoms with Gasteiger partial charge in [-0.25, -0.2) is 5.43 Å². The first-order valence-electron chi connectivity index (χ1n) is 13.1. The molecule has 0 aliphatic heterocycles. The molecule has 6 rings (SSSR count). The molecule has 0 radical (unpaired) electrons. The molecule has 4 heteroatoms. The first-order valence-corrected chi connectivity index (χ1v) is 13.4. The minimum absolute atomic E-state index is 0.307. The number of halogens is 1. The minimum atomic E-state index is -0.307. The van der Waals surface area contributed by atoms with E-state index in [1.807, 2.05) is 72.8 Å². The van der Waals surface area contributed by atoms with Crippen molar-refractivity contribution in [3.05, 3.63) is 178 Å². The van der Waals surface area contributed by atoms with E-state index in [1.54, 1.807) is 24.3 Å². The molecule has 0 bridgehead atoms. The molecule has 0 saturated carbocycles. The molecule has 1 N–H and O–H groups in total. The van der Waals surface area contributed by atoms with Gasteiger partial charge in [0.25, 0.3) is 5.91 Å². The Labute approximate surface area is 238 Å². The monoisotopic (exact) mass is 536 g/mol. The summed E-state index contributed by atoms with van der Waals surface area (Å²) in [7, 11) is 0. The summed E-state index contributed by atoms with van der Waals surface area (Å²) in [5.41, 5.74) is 12.3. The van der Waals surface area contributed by atoms with E-state index in [0.717, 1.165) is 44.5 Å². The van der Waals surface area contributed by atoms with Crippen molar-refractivity contribution in [1.29, 1.82) is 0 Å². The van der Waals surface area contributed by atoms with Gasteiger partial charge in [-0.3, -0.25) is 4.79 Å². The van der Waals surface area contributed by atoms with E-state index in [9.17, 15) is 4.79 Å². The molecule has 1 amide bonds. The van der Waals surface area contributed by atoms with Crippen molar-refractivity contribution >= 4 is 45.5 Å². The number of hydrazone groups is 1. The highest BCUT2D eigenvalue weighted by molar-refractivity contribution is 6.60. The quantitative estimate of drug-likeness (QED) is 0.217. The Morgan fingerprint density at radius 1 is 0.475 bits per heavy atom. The van der Waals surface area contributed by atoms with Gasteiger partial charge in [0.1, 0.15) is 5.71 Å². The lowest BCUT2D eigenvalue weighted by atomic mass is 9.89. The SMILES string of the molecule is O=C(NN=C1C(c2ccccc2)=C(c2ccccc2)C(c2ccccc2)=C1c1ccccc1)c1ccc(Cl)cc1. The fourth-order valence-corrected chi connectivity index (χ4v) is 5.18. The Balaban J connectivity index is 1.65. The number of allylic oxidation sites excluding steroid dienone is 4. The van der Waals surface area contributed by atoms with Gasteiger partial charge in [0, 0.05) is 32.9 Å². The lowest BCUT2D eigenvalue weighted by molar-refractivity contribution is 0.0955. The van der Waals surface area contributed by atoms with E-state index in [-0.39, 0.29) is 5.91 Å². The van der Waals surface area contributed by atoms with Crippen LogP contribution in [0.5, 0.6) is 0 Å². The molecular weight excluding hydrogens is 512 g/mol. The van der Waals surface area contributed by atoms with E-state index in [2.05, 4.69) is 54.0 Å². The number of hydrogen-bond acceptors (Lipinski definition) is 2. The van der Waals surface area contributed by atoms with Crippen molar-refractivity contribution in [3.8, 4) is 0 Å². The molecule has 192 valence electrons. The number of benzene rings is 5. The highest BCUT2D eigenvalue weighted by Crippen LogP contribution is 2.50. The predicted octanol–water partition coefficient (Wildman–Crippen LogP) is 8.66. The number of carbonyl (C=O) groups excluding carboxylic acids is 1. The third-order valence-corrected chi connectivity index (χ3v) is 7.10. The second-order valence-electron chi connectivity index (χ2n) is 9.37. The fourth-order valence-electron chi connectivity index (χ4n) is 5.05. The summed E-state index contributed by atoms with van der Waals surface area (Å²) in [6, 6.07) is 48.0. The van der Waals surface area contributed by atoms with Crippen LogP contribution in [-0.2, 0) is 0 Å². The predicted molar refractivity (Wildman–Crippen MR) is 166 cm³/mol. The highest BCUT2D eigenvalue weighted by atomic mass is 35.5. The summed E-state index contributed by atoms with van der Waals surface area (Å²) in [6.07, 6.45) is 0. The maximum atomic E-state index is 13.2. The number of hydrogen-bond donors (Lipinski definition) is 1. The summed E-state index contributed by atoms with van der Waals surface area (Å²) in [5, 5.41) is 5.43. The van der Waals surface area contributed by atoms with Crippen molar-refractivity contribution in [1.82, 2.24) is 5.43 Å². The topological polar surface area (TPSA) is 41.5 Å².